The van der Waals surface area contributed by atoms with Gasteiger partial charge in [-0.1, -0.05) is 5.53 Å². The maximum Gasteiger partial charge on any atom is 0.146 e. The zero-order valence-electron chi connectivity index (χ0n) is 4.24. The monoisotopic (exact) mass is 117 g/mol. The van der Waals surface area contributed by atoms with Gasteiger partial charge in [0.25, 0.3) is 0 Å². The van der Waals surface area contributed by atoms with Gasteiger partial charge >= 0.3 is 0 Å². The minimum absolute atomic E-state index is 0.288. The molecule has 46 valence electrons. The molecular formula is C2H7N5O. The molecule has 1 atom stereocenters. The normalized spacial score (nSPS) is 36.2. The van der Waals surface area contributed by atoms with Crippen LogP contribution < -0.4 is 11.4 Å². The molecule has 0 aliphatic carbocycles. The zero-order chi connectivity index (χ0) is 6.04. The molecule has 0 fully saturated rings. The van der Waals surface area contributed by atoms with Crippen LogP contribution in [0.25, 0.3) is 0 Å². The molecule has 0 radical (unpaired) electrons. The molecule has 0 bridgehead atoms. The average Bonchev–Trinajstić information content (AvgIpc) is 2.17. The summed E-state index contributed by atoms with van der Waals surface area (Å²) in [6, 6.07) is 0. The van der Waals surface area contributed by atoms with Crippen molar-refractivity contribution >= 4 is 0 Å². The first-order chi connectivity index (χ1) is 3.77. The van der Waals surface area contributed by atoms with E-state index >= 15 is 0 Å². The molecule has 1 aliphatic heterocycles. The first-order valence-electron chi connectivity index (χ1n) is 2.23. The lowest BCUT2D eigenvalue weighted by Crippen LogP contribution is -2.51. The van der Waals surface area contributed by atoms with E-state index in [0.717, 1.165) is 0 Å². The van der Waals surface area contributed by atoms with E-state index in [0.29, 0.717) is 6.54 Å². The summed E-state index contributed by atoms with van der Waals surface area (Å²) in [5.74, 6) is 4.82. The van der Waals surface area contributed by atoms with Crippen LogP contribution in [0.3, 0.4) is 0 Å². The number of nitrogens with two attached hydrogens (primary N) is 1. The number of nitrogens with zero attached hydrogens (tertiary/aromatic N) is 3. The maximum atomic E-state index is 10.7. The average molecular weight is 117 g/mol. The first-order valence-corrected chi connectivity index (χ1v) is 2.23. The van der Waals surface area contributed by atoms with Gasteiger partial charge in [0, 0.05) is 5.22 Å². The van der Waals surface area contributed by atoms with Gasteiger partial charge in [-0.2, -0.15) is 0 Å². The summed E-state index contributed by atoms with van der Waals surface area (Å²) in [6.07, 6.45) is 0. The van der Waals surface area contributed by atoms with E-state index in [1.807, 2.05) is 5.53 Å². The van der Waals surface area contributed by atoms with Crippen molar-refractivity contribution in [2.75, 3.05) is 13.1 Å². The van der Waals surface area contributed by atoms with Gasteiger partial charge in [-0.3, -0.25) is 0 Å². The second kappa shape index (κ2) is 1.75. The van der Waals surface area contributed by atoms with Crippen LogP contribution in [0.2, 0.25) is 0 Å². The predicted molar refractivity (Wildman–Crippen MR) is 25.5 cm³/mol. The highest BCUT2D eigenvalue weighted by molar-refractivity contribution is 4.41. The molecule has 1 unspecified atom stereocenters. The smallest absolute Gasteiger partial charge is 0.146 e. The third-order valence-corrected chi connectivity index (χ3v) is 0.913. The van der Waals surface area contributed by atoms with Gasteiger partial charge in [-0.05, 0) is 0 Å². The second-order valence-corrected chi connectivity index (χ2v) is 1.51. The van der Waals surface area contributed by atoms with Crippen LogP contribution in [0.5, 0.6) is 0 Å². The van der Waals surface area contributed by atoms with E-state index in [4.69, 9.17) is 5.84 Å². The third kappa shape index (κ3) is 0.819. The lowest BCUT2D eigenvalue weighted by atomic mass is 10.7. The van der Waals surface area contributed by atoms with Crippen molar-refractivity contribution in [3.05, 3.63) is 5.21 Å². The van der Waals surface area contributed by atoms with Gasteiger partial charge in [-0.15, -0.1) is 9.98 Å². The van der Waals surface area contributed by atoms with Crippen LogP contribution in [-0.2, 0) is 0 Å². The molecule has 3 N–H and O–H groups in total. The maximum absolute atomic E-state index is 10.7. The van der Waals surface area contributed by atoms with Gasteiger partial charge in [0.05, 0.1) is 0 Å². The highest BCUT2D eigenvalue weighted by Gasteiger charge is 2.19. The summed E-state index contributed by atoms with van der Waals surface area (Å²) in [6.45, 7) is 0.740. The van der Waals surface area contributed by atoms with Crippen LogP contribution >= 0.6 is 0 Å². The molecule has 6 heteroatoms. The fourth-order valence-corrected chi connectivity index (χ4v) is 0.462. The summed E-state index contributed by atoms with van der Waals surface area (Å²) < 4.78 is 0. The molecule has 0 aromatic rings. The Kier molecular flexibility index (Phi) is 1.22. The van der Waals surface area contributed by atoms with Crippen LogP contribution in [0.15, 0.2) is 10.3 Å². The molecule has 0 saturated heterocycles. The molecule has 8 heavy (non-hydrogen) atoms. The Hall–Kier alpha value is -0.560. The SMILES string of the molecule is NN[N+]1([O-])CCN=N1. The summed E-state index contributed by atoms with van der Waals surface area (Å²) in [5, 5.41) is 17.4. The molecule has 1 heterocycles. The van der Waals surface area contributed by atoms with E-state index in [2.05, 4.69) is 10.3 Å². The Morgan fingerprint density at radius 3 is 2.75 bits per heavy atom. The fraction of sp³-hybridized carbons (Fsp3) is 1.00. The quantitative estimate of drug-likeness (QED) is 0.201. The van der Waals surface area contributed by atoms with Crippen molar-refractivity contribution < 1.29 is 4.86 Å². The van der Waals surface area contributed by atoms with Crippen molar-refractivity contribution in [3.63, 3.8) is 0 Å². The molecule has 0 saturated carbocycles. The van der Waals surface area contributed by atoms with Crippen molar-refractivity contribution in [3.8, 4) is 0 Å². The molecular weight excluding hydrogens is 110 g/mol. The van der Waals surface area contributed by atoms with E-state index < -0.39 is 4.86 Å². The topological polar surface area (TPSA) is 85.8 Å². The summed E-state index contributed by atoms with van der Waals surface area (Å²) in [7, 11) is 0. The highest BCUT2D eigenvalue weighted by atomic mass is 16.6. The number of hydroxylamine groups is 1. The molecule has 0 aromatic carbocycles. The molecule has 0 amide bonds. The Balaban J connectivity index is 2.54. The molecule has 1 rings (SSSR count). The second-order valence-electron chi connectivity index (χ2n) is 1.51. The Morgan fingerprint density at radius 2 is 2.50 bits per heavy atom. The zero-order valence-corrected chi connectivity index (χ0v) is 4.24. The van der Waals surface area contributed by atoms with Crippen molar-refractivity contribution in [2.24, 2.45) is 16.2 Å². The number of hydrazine groups is 1. The van der Waals surface area contributed by atoms with Gasteiger partial charge in [0.1, 0.15) is 13.1 Å². The number of rotatable bonds is 1. The van der Waals surface area contributed by atoms with E-state index in [-0.39, 0.29) is 6.54 Å². The summed E-state index contributed by atoms with van der Waals surface area (Å²) in [5.41, 5.74) is 1.96. The minimum atomic E-state index is -0.944. The third-order valence-electron chi connectivity index (χ3n) is 0.913. The summed E-state index contributed by atoms with van der Waals surface area (Å²) >= 11 is 0. The lowest BCUT2D eigenvalue weighted by Gasteiger charge is -2.25. The Bertz CT molecular complexity index is 113. The van der Waals surface area contributed by atoms with E-state index in [9.17, 15) is 5.21 Å². The van der Waals surface area contributed by atoms with Crippen molar-refractivity contribution in [2.45, 2.75) is 0 Å². The number of hydrogen-bond acceptors (Lipinski definition) is 5. The summed E-state index contributed by atoms with van der Waals surface area (Å²) in [4.78, 5) is -0.944. The fourth-order valence-electron chi connectivity index (χ4n) is 0.462. The highest BCUT2D eigenvalue weighted by Crippen LogP contribution is 2.05. The molecule has 0 spiro atoms. The van der Waals surface area contributed by atoms with Crippen LogP contribution in [0.4, 0.5) is 0 Å². The van der Waals surface area contributed by atoms with Crippen LogP contribution in [0.1, 0.15) is 0 Å². The Labute approximate surface area is 46.1 Å². The van der Waals surface area contributed by atoms with Gasteiger partial charge in [-0.25, -0.2) is 5.84 Å². The number of hydrogen-bond donors (Lipinski definition) is 2. The first kappa shape index (κ1) is 5.57. The molecule has 6 nitrogen and oxygen atoms in total. The van der Waals surface area contributed by atoms with Gasteiger partial charge in [0.15, 0.2) is 0 Å². The van der Waals surface area contributed by atoms with E-state index in [1.54, 1.807) is 0 Å². The number of nitrogens with one attached hydrogen (secondary N) is 1. The lowest BCUT2D eigenvalue weighted by molar-refractivity contribution is -0.927. The van der Waals surface area contributed by atoms with Crippen molar-refractivity contribution in [1.82, 2.24) is 5.53 Å². The number of quaternary nitrogens is 1. The standard InChI is InChI=1S/C2H7N5O/c3-5-7(8)2-1-4-6-7/h5H,1-3H2. The van der Waals surface area contributed by atoms with Crippen LogP contribution in [0, 0.1) is 5.21 Å². The van der Waals surface area contributed by atoms with Gasteiger partial charge in [0.2, 0.25) is 0 Å². The van der Waals surface area contributed by atoms with Crippen molar-refractivity contribution in [1.29, 1.82) is 0 Å². The van der Waals surface area contributed by atoms with Gasteiger partial charge < -0.3 is 5.21 Å². The largest absolute Gasteiger partial charge is 0.582 e. The molecule has 1 aliphatic rings. The molecule has 0 aromatic heterocycles. The van der Waals surface area contributed by atoms with E-state index in [1.165, 1.54) is 0 Å². The minimum Gasteiger partial charge on any atom is -0.582 e. The van der Waals surface area contributed by atoms with Crippen LogP contribution in [-0.4, -0.2) is 18.0 Å². The Morgan fingerprint density at radius 1 is 1.75 bits per heavy atom. The predicted octanol–water partition coefficient (Wildman–Crippen LogP) is -0.940.